The highest BCUT2D eigenvalue weighted by Crippen LogP contribution is 2.21. The van der Waals surface area contributed by atoms with Crippen LogP contribution >= 0.6 is 23.4 Å². The van der Waals surface area contributed by atoms with Gasteiger partial charge in [0.25, 0.3) is 0 Å². The normalized spacial score (nSPS) is 10.7. The third kappa shape index (κ3) is 4.86. The standard InChI is InChI=1S/C19H17ClFN3OS/c1-13-2-7-16(10-17(13)20)23-18(25)12-26-19-22-8-9-24(19)11-14-3-5-15(21)6-4-14/h2-10H,11-12H2,1H3,(H,23,25). The van der Waals surface area contributed by atoms with Crippen LogP contribution in [0, 0.1) is 12.7 Å². The number of nitrogens with zero attached hydrogens (tertiary/aromatic N) is 2. The number of anilines is 1. The van der Waals surface area contributed by atoms with Gasteiger partial charge in [0.1, 0.15) is 5.82 Å². The molecule has 0 bridgehead atoms. The molecule has 0 aliphatic heterocycles. The Morgan fingerprint density at radius 2 is 2.04 bits per heavy atom. The highest BCUT2D eigenvalue weighted by Gasteiger charge is 2.09. The molecular weight excluding hydrogens is 373 g/mol. The van der Waals surface area contributed by atoms with Gasteiger partial charge in [-0.1, -0.05) is 41.6 Å². The third-order valence-electron chi connectivity index (χ3n) is 3.73. The molecule has 0 fully saturated rings. The molecule has 0 aliphatic rings. The van der Waals surface area contributed by atoms with Crippen molar-refractivity contribution in [3.63, 3.8) is 0 Å². The number of carbonyl (C=O) groups is 1. The summed E-state index contributed by atoms with van der Waals surface area (Å²) in [7, 11) is 0. The van der Waals surface area contributed by atoms with Crippen LogP contribution in [0.15, 0.2) is 60.0 Å². The fourth-order valence-corrected chi connectivity index (χ4v) is 3.28. The first-order chi connectivity index (χ1) is 12.5. The fraction of sp³-hybridized carbons (Fsp3) is 0.158. The quantitative estimate of drug-likeness (QED) is 0.618. The predicted molar refractivity (Wildman–Crippen MR) is 103 cm³/mol. The van der Waals surface area contributed by atoms with Crippen molar-refractivity contribution in [2.75, 3.05) is 11.1 Å². The van der Waals surface area contributed by atoms with E-state index in [2.05, 4.69) is 10.3 Å². The van der Waals surface area contributed by atoms with Gasteiger partial charge in [0, 0.05) is 29.6 Å². The first kappa shape index (κ1) is 18.5. The van der Waals surface area contributed by atoms with Crippen molar-refractivity contribution < 1.29 is 9.18 Å². The lowest BCUT2D eigenvalue weighted by Gasteiger charge is -2.09. The monoisotopic (exact) mass is 389 g/mol. The molecule has 0 aliphatic carbocycles. The molecule has 3 aromatic rings. The van der Waals surface area contributed by atoms with E-state index in [0.29, 0.717) is 17.3 Å². The zero-order chi connectivity index (χ0) is 18.5. The van der Waals surface area contributed by atoms with Crippen molar-refractivity contribution in [2.45, 2.75) is 18.6 Å². The Morgan fingerprint density at radius 1 is 1.27 bits per heavy atom. The predicted octanol–water partition coefficient (Wildman–Crippen LogP) is 4.76. The summed E-state index contributed by atoms with van der Waals surface area (Å²) < 4.78 is 14.9. The second-order valence-electron chi connectivity index (χ2n) is 5.76. The maximum Gasteiger partial charge on any atom is 0.234 e. The molecule has 134 valence electrons. The topological polar surface area (TPSA) is 46.9 Å². The fourth-order valence-electron chi connectivity index (χ4n) is 2.34. The molecule has 3 rings (SSSR count). The van der Waals surface area contributed by atoms with Gasteiger partial charge < -0.3 is 9.88 Å². The van der Waals surface area contributed by atoms with Crippen LogP contribution in [-0.2, 0) is 11.3 Å². The zero-order valence-electron chi connectivity index (χ0n) is 14.1. The Kier molecular flexibility index (Phi) is 5.96. The van der Waals surface area contributed by atoms with Crippen molar-refractivity contribution in [3.8, 4) is 0 Å². The third-order valence-corrected chi connectivity index (χ3v) is 5.14. The van der Waals surface area contributed by atoms with E-state index in [0.717, 1.165) is 16.3 Å². The van der Waals surface area contributed by atoms with Crippen LogP contribution in [0.25, 0.3) is 0 Å². The molecule has 0 saturated heterocycles. The zero-order valence-corrected chi connectivity index (χ0v) is 15.6. The Hall–Kier alpha value is -2.31. The van der Waals surface area contributed by atoms with Gasteiger partial charge in [-0.3, -0.25) is 4.79 Å². The highest BCUT2D eigenvalue weighted by molar-refractivity contribution is 7.99. The van der Waals surface area contributed by atoms with Crippen molar-refractivity contribution in [1.82, 2.24) is 9.55 Å². The van der Waals surface area contributed by atoms with E-state index in [1.54, 1.807) is 24.4 Å². The number of thioether (sulfide) groups is 1. The lowest BCUT2D eigenvalue weighted by atomic mass is 10.2. The molecule has 0 saturated carbocycles. The minimum Gasteiger partial charge on any atom is -0.325 e. The number of imidazole rings is 1. The van der Waals surface area contributed by atoms with Gasteiger partial charge in [0.2, 0.25) is 5.91 Å². The van der Waals surface area contributed by atoms with Crippen LogP contribution < -0.4 is 5.32 Å². The number of aromatic nitrogens is 2. The SMILES string of the molecule is Cc1ccc(NC(=O)CSc2nccn2Cc2ccc(F)cc2)cc1Cl. The number of halogens is 2. The van der Waals surface area contributed by atoms with Gasteiger partial charge in [-0.05, 0) is 42.3 Å². The number of hydrogen-bond acceptors (Lipinski definition) is 3. The lowest BCUT2D eigenvalue weighted by molar-refractivity contribution is -0.113. The van der Waals surface area contributed by atoms with E-state index in [1.165, 1.54) is 23.9 Å². The molecule has 7 heteroatoms. The van der Waals surface area contributed by atoms with Crippen LogP contribution in [0.5, 0.6) is 0 Å². The summed E-state index contributed by atoms with van der Waals surface area (Å²) in [4.78, 5) is 16.4. The average Bonchev–Trinajstić information content (AvgIpc) is 3.05. The Labute approximate surface area is 160 Å². The van der Waals surface area contributed by atoms with Gasteiger partial charge in [0.05, 0.1) is 5.75 Å². The smallest absolute Gasteiger partial charge is 0.234 e. The molecule has 0 spiro atoms. The van der Waals surface area contributed by atoms with Crippen molar-refractivity contribution >= 4 is 35.0 Å². The first-order valence-corrected chi connectivity index (χ1v) is 9.32. The number of hydrogen-bond donors (Lipinski definition) is 1. The molecule has 1 heterocycles. The number of nitrogens with one attached hydrogen (secondary N) is 1. The van der Waals surface area contributed by atoms with Crippen LogP contribution in [0.4, 0.5) is 10.1 Å². The van der Waals surface area contributed by atoms with E-state index >= 15 is 0 Å². The highest BCUT2D eigenvalue weighted by atomic mass is 35.5. The van der Waals surface area contributed by atoms with Gasteiger partial charge in [-0.15, -0.1) is 0 Å². The number of benzene rings is 2. The van der Waals surface area contributed by atoms with E-state index < -0.39 is 0 Å². The van der Waals surface area contributed by atoms with Gasteiger partial charge >= 0.3 is 0 Å². The van der Waals surface area contributed by atoms with E-state index in [9.17, 15) is 9.18 Å². The molecule has 2 aromatic carbocycles. The summed E-state index contributed by atoms with van der Waals surface area (Å²) in [6, 6.07) is 11.7. The molecule has 26 heavy (non-hydrogen) atoms. The summed E-state index contributed by atoms with van der Waals surface area (Å²) in [5.41, 5.74) is 2.59. The lowest BCUT2D eigenvalue weighted by Crippen LogP contribution is -2.14. The Balaban J connectivity index is 1.58. The molecular formula is C19H17ClFN3OS. The van der Waals surface area contributed by atoms with E-state index in [1.807, 2.05) is 29.8 Å². The maximum absolute atomic E-state index is 13.0. The number of carbonyl (C=O) groups excluding carboxylic acids is 1. The molecule has 1 amide bonds. The molecule has 1 N–H and O–H groups in total. The van der Waals surface area contributed by atoms with E-state index in [-0.39, 0.29) is 17.5 Å². The van der Waals surface area contributed by atoms with Crippen molar-refractivity contribution in [1.29, 1.82) is 0 Å². The van der Waals surface area contributed by atoms with Crippen molar-refractivity contribution in [3.05, 3.63) is 76.8 Å². The second-order valence-corrected chi connectivity index (χ2v) is 7.11. The summed E-state index contributed by atoms with van der Waals surface area (Å²) in [6.07, 6.45) is 3.52. The minimum absolute atomic E-state index is 0.133. The summed E-state index contributed by atoms with van der Waals surface area (Å²) in [5, 5.41) is 4.17. The number of amides is 1. The molecule has 0 atom stereocenters. The number of aryl methyl sites for hydroxylation is 1. The molecule has 0 unspecified atom stereocenters. The summed E-state index contributed by atoms with van der Waals surface area (Å²) in [6.45, 7) is 2.47. The minimum atomic E-state index is -0.262. The van der Waals surface area contributed by atoms with Crippen LogP contribution in [0.2, 0.25) is 5.02 Å². The first-order valence-electron chi connectivity index (χ1n) is 7.95. The Bertz CT molecular complexity index is 911. The van der Waals surface area contributed by atoms with Crippen LogP contribution in [-0.4, -0.2) is 21.2 Å². The Morgan fingerprint density at radius 3 is 2.77 bits per heavy atom. The summed E-state index contributed by atoms with van der Waals surface area (Å²) in [5.74, 6) is -0.167. The van der Waals surface area contributed by atoms with Gasteiger partial charge in [-0.25, -0.2) is 9.37 Å². The van der Waals surface area contributed by atoms with Crippen molar-refractivity contribution in [2.24, 2.45) is 0 Å². The summed E-state index contributed by atoms with van der Waals surface area (Å²) >= 11 is 7.41. The molecule has 1 aromatic heterocycles. The van der Waals surface area contributed by atoms with Gasteiger partial charge in [0.15, 0.2) is 5.16 Å². The molecule has 0 radical (unpaired) electrons. The largest absolute Gasteiger partial charge is 0.325 e. The average molecular weight is 390 g/mol. The number of rotatable bonds is 6. The second kappa shape index (κ2) is 8.38. The van der Waals surface area contributed by atoms with Gasteiger partial charge in [-0.2, -0.15) is 0 Å². The maximum atomic E-state index is 13.0. The van der Waals surface area contributed by atoms with Crippen LogP contribution in [0.1, 0.15) is 11.1 Å². The van der Waals surface area contributed by atoms with Crippen LogP contribution in [0.3, 0.4) is 0 Å². The molecule has 4 nitrogen and oxygen atoms in total. The van der Waals surface area contributed by atoms with E-state index in [4.69, 9.17) is 11.6 Å².